The lowest BCUT2D eigenvalue weighted by atomic mass is 9.97. The molecule has 1 aliphatic carbocycles. The number of hydrogen-bond acceptors (Lipinski definition) is 3. The lowest BCUT2D eigenvalue weighted by Gasteiger charge is -2.33. The van der Waals surface area contributed by atoms with Crippen LogP contribution in [0.1, 0.15) is 61.3 Å². The number of carbonyl (C=O) groups is 2. The summed E-state index contributed by atoms with van der Waals surface area (Å²) in [5.74, 6) is 0.750. The van der Waals surface area contributed by atoms with Crippen molar-refractivity contribution in [1.82, 2.24) is 14.8 Å². The first-order chi connectivity index (χ1) is 14.2. The molecule has 0 radical (unpaired) electrons. The molecule has 2 heterocycles. The van der Waals surface area contributed by atoms with Gasteiger partial charge in [-0.2, -0.15) is 0 Å². The zero-order valence-corrected chi connectivity index (χ0v) is 18.1. The minimum absolute atomic E-state index is 0.121. The van der Waals surface area contributed by atoms with Gasteiger partial charge in [0, 0.05) is 29.9 Å². The highest BCUT2D eigenvalue weighted by molar-refractivity contribution is 6.02. The van der Waals surface area contributed by atoms with E-state index in [1.807, 2.05) is 45.0 Å². The third-order valence-electron chi connectivity index (χ3n) is 5.70. The lowest BCUT2D eigenvalue weighted by Crippen LogP contribution is -2.50. The van der Waals surface area contributed by atoms with E-state index in [-0.39, 0.29) is 11.6 Å². The number of hydrogen-bond donors (Lipinski definition) is 2. The van der Waals surface area contributed by atoms with Crippen LogP contribution in [0.25, 0.3) is 11.1 Å². The smallest absolute Gasteiger partial charge is 0.318 e. The van der Waals surface area contributed by atoms with Crippen LogP contribution in [0.4, 0.5) is 4.79 Å². The van der Waals surface area contributed by atoms with Crippen LogP contribution in [0.15, 0.2) is 24.3 Å². The van der Waals surface area contributed by atoms with E-state index < -0.39 is 5.91 Å². The van der Waals surface area contributed by atoms with Crippen molar-refractivity contribution in [2.45, 2.75) is 58.2 Å². The van der Waals surface area contributed by atoms with Gasteiger partial charge in [-0.05, 0) is 57.2 Å². The molecule has 0 atom stereocenters. The van der Waals surface area contributed by atoms with E-state index >= 15 is 0 Å². The summed E-state index contributed by atoms with van der Waals surface area (Å²) in [5, 5.41) is 3.02. The molecule has 0 saturated heterocycles. The van der Waals surface area contributed by atoms with Crippen molar-refractivity contribution in [2.75, 3.05) is 13.7 Å². The Kier molecular flexibility index (Phi) is 5.00. The normalized spacial score (nSPS) is 16.2. The van der Waals surface area contributed by atoms with Crippen LogP contribution in [0.3, 0.4) is 0 Å². The number of nitrogens with two attached hydrogens (primary N) is 1. The molecule has 1 aromatic carbocycles. The van der Waals surface area contributed by atoms with Crippen LogP contribution in [0.5, 0.6) is 5.75 Å². The SMILES string of the molecule is COc1ccc(-c2c(C(N)=O)c3n(c2C2CC2)CCN(C(=O)NC(C)(C)C)C3)cc1. The lowest BCUT2D eigenvalue weighted by molar-refractivity contribution is 0.0997. The molecule has 7 heteroatoms. The fourth-order valence-electron chi connectivity index (χ4n) is 4.26. The van der Waals surface area contributed by atoms with Gasteiger partial charge >= 0.3 is 6.03 Å². The van der Waals surface area contributed by atoms with E-state index in [9.17, 15) is 9.59 Å². The molecule has 1 saturated carbocycles. The van der Waals surface area contributed by atoms with E-state index in [0.29, 0.717) is 31.1 Å². The Bertz CT molecular complexity index is 981. The highest BCUT2D eigenvalue weighted by atomic mass is 16.5. The second kappa shape index (κ2) is 7.38. The average molecular weight is 411 g/mol. The first kappa shape index (κ1) is 20.3. The van der Waals surface area contributed by atoms with E-state index in [2.05, 4.69) is 9.88 Å². The number of rotatable bonds is 4. The fourth-order valence-corrected chi connectivity index (χ4v) is 4.26. The number of carbonyl (C=O) groups excluding carboxylic acids is 2. The Hall–Kier alpha value is -2.96. The molecule has 7 nitrogen and oxygen atoms in total. The molecular formula is C23H30N4O3. The molecule has 0 unspecified atom stereocenters. The molecule has 1 aromatic heterocycles. The van der Waals surface area contributed by atoms with Gasteiger partial charge in [0.2, 0.25) is 0 Å². The Labute approximate surface area is 177 Å². The van der Waals surface area contributed by atoms with Crippen molar-refractivity contribution in [3.05, 3.63) is 41.2 Å². The van der Waals surface area contributed by atoms with Gasteiger partial charge in [-0.1, -0.05) is 12.1 Å². The van der Waals surface area contributed by atoms with Crippen LogP contribution in [0.2, 0.25) is 0 Å². The Morgan fingerprint density at radius 3 is 2.33 bits per heavy atom. The molecular weight excluding hydrogens is 380 g/mol. The van der Waals surface area contributed by atoms with Crippen molar-refractivity contribution < 1.29 is 14.3 Å². The summed E-state index contributed by atoms with van der Waals surface area (Å²) in [6.45, 7) is 7.51. The van der Waals surface area contributed by atoms with E-state index in [0.717, 1.165) is 35.4 Å². The molecule has 3 amide bonds. The Morgan fingerprint density at radius 1 is 1.13 bits per heavy atom. The predicted octanol–water partition coefficient (Wildman–Crippen LogP) is 3.46. The van der Waals surface area contributed by atoms with Crippen molar-refractivity contribution in [2.24, 2.45) is 5.73 Å². The van der Waals surface area contributed by atoms with Crippen LogP contribution in [-0.2, 0) is 13.1 Å². The maximum Gasteiger partial charge on any atom is 0.318 e. The molecule has 1 fully saturated rings. The molecule has 2 aromatic rings. The fraction of sp³-hybridized carbons (Fsp3) is 0.478. The third-order valence-corrected chi connectivity index (χ3v) is 5.70. The molecule has 1 aliphatic heterocycles. The largest absolute Gasteiger partial charge is 0.497 e. The van der Waals surface area contributed by atoms with Crippen molar-refractivity contribution in [3.8, 4) is 16.9 Å². The second-order valence-corrected chi connectivity index (χ2v) is 9.20. The highest BCUT2D eigenvalue weighted by Gasteiger charge is 2.38. The number of amides is 3. The summed E-state index contributed by atoms with van der Waals surface area (Å²) in [7, 11) is 1.63. The average Bonchev–Trinajstić information content (AvgIpc) is 3.46. The van der Waals surface area contributed by atoms with Gasteiger partial charge in [0.25, 0.3) is 5.91 Å². The number of nitrogens with zero attached hydrogens (tertiary/aromatic N) is 2. The predicted molar refractivity (Wildman–Crippen MR) is 116 cm³/mol. The van der Waals surface area contributed by atoms with Crippen molar-refractivity contribution >= 4 is 11.9 Å². The quantitative estimate of drug-likeness (QED) is 0.809. The minimum atomic E-state index is -0.449. The van der Waals surface area contributed by atoms with Gasteiger partial charge in [-0.3, -0.25) is 4.79 Å². The number of ether oxygens (including phenoxy) is 1. The summed E-state index contributed by atoms with van der Waals surface area (Å²) < 4.78 is 7.52. The number of benzene rings is 1. The number of aromatic nitrogens is 1. The zero-order valence-electron chi connectivity index (χ0n) is 18.1. The third kappa shape index (κ3) is 3.76. The maximum atomic E-state index is 12.8. The summed E-state index contributed by atoms with van der Waals surface area (Å²) in [6.07, 6.45) is 2.22. The first-order valence-electron chi connectivity index (χ1n) is 10.5. The monoisotopic (exact) mass is 410 g/mol. The van der Waals surface area contributed by atoms with Gasteiger partial charge in [-0.25, -0.2) is 4.79 Å². The maximum absolute atomic E-state index is 12.8. The van der Waals surface area contributed by atoms with Gasteiger partial charge in [0.15, 0.2) is 0 Å². The number of urea groups is 1. The zero-order chi connectivity index (χ0) is 21.6. The Balaban J connectivity index is 1.79. The Morgan fingerprint density at radius 2 is 1.80 bits per heavy atom. The second-order valence-electron chi connectivity index (χ2n) is 9.20. The minimum Gasteiger partial charge on any atom is -0.497 e. The van der Waals surface area contributed by atoms with Crippen LogP contribution in [0, 0.1) is 0 Å². The molecule has 3 N–H and O–H groups in total. The number of nitrogens with one attached hydrogen (secondary N) is 1. The van der Waals surface area contributed by atoms with Gasteiger partial charge in [0.05, 0.1) is 24.9 Å². The van der Waals surface area contributed by atoms with Crippen LogP contribution in [-0.4, -0.2) is 40.6 Å². The van der Waals surface area contributed by atoms with Gasteiger partial charge in [0.1, 0.15) is 5.75 Å². The molecule has 160 valence electrons. The first-order valence-corrected chi connectivity index (χ1v) is 10.5. The van der Waals surface area contributed by atoms with E-state index in [1.54, 1.807) is 12.0 Å². The van der Waals surface area contributed by atoms with E-state index in [1.165, 1.54) is 5.69 Å². The van der Waals surface area contributed by atoms with Crippen LogP contribution >= 0.6 is 0 Å². The van der Waals surface area contributed by atoms with Crippen molar-refractivity contribution in [1.29, 1.82) is 0 Å². The summed E-state index contributed by atoms with van der Waals surface area (Å²) in [4.78, 5) is 27.1. The molecule has 0 bridgehead atoms. The molecule has 0 spiro atoms. The molecule has 2 aliphatic rings. The number of methoxy groups -OCH3 is 1. The standard InChI is InChI=1S/C23H30N4O3/c1-23(2,3)25-22(29)26-11-12-27-17(13-26)19(21(24)28)18(20(27)15-5-6-15)14-7-9-16(30-4)10-8-14/h7-10,15H,5-6,11-13H2,1-4H3,(H2,24,28)(H,25,29). The van der Waals surface area contributed by atoms with Gasteiger partial charge < -0.3 is 25.3 Å². The highest BCUT2D eigenvalue weighted by Crippen LogP contribution is 2.48. The summed E-state index contributed by atoms with van der Waals surface area (Å²) in [6, 6.07) is 7.63. The van der Waals surface area contributed by atoms with Crippen LogP contribution < -0.4 is 15.8 Å². The summed E-state index contributed by atoms with van der Waals surface area (Å²) >= 11 is 0. The molecule has 4 rings (SSSR count). The van der Waals surface area contributed by atoms with Crippen molar-refractivity contribution in [3.63, 3.8) is 0 Å². The number of primary amides is 1. The summed E-state index contributed by atoms with van der Waals surface area (Å²) in [5.41, 5.74) is 10.0. The topological polar surface area (TPSA) is 89.6 Å². The number of fused-ring (bicyclic) bond motifs is 1. The van der Waals surface area contributed by atoms with E-state index in [4.69, 9.17) is 10.5 Å². The molecule has 30 heavy (non-hydrogen) atoms. The van der Waals surface area contributed by atoms with Gasteiger partial charge in [-0.15, -0.1) is 0 Å².